The molecule has 0 amide bonds. The van der Waals surface area contributed by atoms with E-state index in [2.05, 4.69) is 20.8 Å². The first kappa shape index (κ1) is 28.6. The maximum Gasteiger partial charge on any atom is 0.187 e. The molecule has 4 nitrogen and oxygen atoms in total. The number of hydrogen-bond acceptors (Lipinski definition) is 4. The van der Waals surface area contributed by atoms with Gasteiger partial charge in [-0.3, -0.25) is 4.79 Å². The second kappa shape index (κ2) is 19.1. The van der Waals surface area contributed by atoms with E-state index in [1.54, 1.807) is 0 Å². The van der Waals surface area contributed by atoms with Gasteiger partial charge in [0.2, 0.25) is 0 Å². The maximum absolute atomic E-state index is 11.5. The van der Waals surface area contributed by atoms with Gasteiger partial charge in [-0.25, -0.2) is 0 Å². The average molecular weight is 441 g/mol. The summed E-state index contributed by atoms with van der Waals surface area (Å²) >= 11 is 0. The van der Waals surface area contributed by atoms with Crippen LogP contribution in [0.25, 0.3) is 0 Å². The minimum atomic E-state index is -0.455. The zero-order chi connectivity index (χ0) is 22.6. The molecule has 4 heteroatoms. The lowest BCUT2D eigenvalue weighted by Gasteiger charge is -2.38. The van der Waals surface area contributed by atoms with Gasteiger partial charge in [-0.1, -0.05) is 117 Å². The van der Waals surface area contributed by atoms with E-state index in [0.717, 1.165) is 25.9 Å². The molecule has 1 rings (SSSR count). The van der Waals surface area contributed by atoms with Crippen molar-refractivity contribution >= 4 is 5.78 Å². The Balaban J connectivity index is 2.22. The van der Waals surface area contributed by atoms with Gasteiger partial charge in [0.25, 0.3) is 0 Å². The van der Waals surface area contributed by atoms with Gasteiger partial charge in [-0.05, 0) is 19.8 Å². The molecular formula is C27H52O4. The Morgan fingerprint density at radius 1 is 0.710 bits per heavy atom. The highest BCUT2D eigenvalue weighted by Gasteiger charge is 2.39. The molecule has 1 aliphatic rings. The van der Waals surface area contributed by atoms with Crippen LogP contribution in [0.15, 0.2) is 0 Å². The highest BCUT2D eigenvalue weighted by Crippen LogP contribution is 2.29. The fourth-order valence-electron chi connectivity index (χ4n) is 4.37. The van der Waals surface area contributed by atoms with E-state index in [4.69, 9.17) is 14.2 Å². The molecule has 0 spiro atoms. The lowest BCUT2D eigenvalue weighted by atomic mass is 9.95. The molecule has 0 radical (unpaired) electrons. The molecule has 1 unspecified atom stereocenters. The molecule has 0 aromatic carbocycles. The van der Waals surface area contributed by atoms with E-state index >= 15 is 0 Å². The first-order valence-electron chi connectivity index (χ1n) is 13.5. The molecule has 184 valence electrons. The second-order valence-electron chi connectivity index (χ2n) is 9.71. The number of hydrogen-bond donors (Lipinski definition) is 0. The Bertz CT molecular complexity index is 415. The molecule has 0 aromatic rings. The Morgan fingerprint density at radius 2 is 1.13 bits per heavy atom. The van der Waals surface area contributed by atoms with Crippen LogP contribution in [-0.4, -0.2) is 37.5 Å². The zero-order valence-electron chi connectivity index (χ0n) is 21.1. The Hall–Kier alpha value is -0.450. The standard InChI is InChI=1S/C27H52O4/c1-4-6-8-10-12-13-14-15-16-17-19-21-27(3,26-29-23-25(28)24-30-26)31-22-20-18-11-9-7-5-2/h26H,4-24H2,1-3H3. The van der Waals surface area contributed by atoms with E-state index in [1.807, 2.05) is 0 Å². The second-order valence-corrected chi connectivity index (χ2v) is 9.71. The summed E-state index contributed by atoms with van der Waals surface area (Å²) in [5.74, 6) is 0.0178. The van der Waals surface area contributed by atoms with Gasteiger partial charge >= 0.3 is 0 Å². The van der Waals surface area contributed by atoms with Crippen LogP contribution < -0.4 is 0 Å². The zero-order valence-corrected chi connectivity index (χ0v) is 21.1. The molecule has 0 N–H and O–H groups in total. The predicted octanol–water partition coefficient (Wildman–Crippen LogP) is 7.77. The molecule has 0 aromatic heterocycles. The van der Waals surface area contributed by atoms with Crippen molar-refractivity contribution in [2.45, 2.75) is 148 Å². The molecular weight excluding hydrogens is 388 g/mol. The minimum absolute atomic E-state index is 0.0178. The fraction of sp³-hybridized carbons (Fsp3) is 0.963. The molecule has 1 saturated heterocycles. The van der Waals surface area contributed by atoms with Crippen LogP contribution >= 0.6 is 0 Å². The van der Waals surface area contributed by atoms with Gasteiger partial charge in [-0.15, -0.1) is 0 Å². The summed E-state index contributed by atoms with van der Waals surface area (Å²) in [6.07, 6.45) is 22.7. The summed E-state index contributed by atoms with van der Waals surface area (Å²) in [7, 11) is 0. The minimum Gasteiger partial charge on any atom is -0.370 e. The Labute approximate surface area is 193 Å². The van der Waals surface area contributed by atoms with Crippen LogP contribution in [0.5, 0.6) is 0 Å². The van der Waals surface area contributed by atoms with Crippen LogP contribution in [0.2, 0.25) is 0 Å². The van der Waals surface area contributed by atoms with Gasteiger partial charge in [0.1, 0.15) is 18.8 Å². The number of Topliss-reactive ketones (excluding diaryl/α,β-unsaturated/α-hetero) is 1. The highest BCUT2D eigenvalue weighted by molar-refractivity contribution is 5.81. The molecule has 1 heterocycles. The first-order valence-corrected chi connectivity index (χ1v) is 13.5. The molecule has 1 aliphatic heterocycles. The predicted molar refractivity (Wildman–Crippen MR) is 130 cm³/mol. The van der Waals surface area contributed by atoms with E-state index in [0.29, 0.717) is 0 Å². The van der Waals surface area contributed by atoms with Crippen LogP contribution in [0.3, 0.4) is 0 Å². The molecule has 1 atom stereocenters. The number of unbranched alkanes of at least 4 members (excludes halogenated alkanes) is 15. The van der Waals surface area contributed by atoms with E-state index in [1.165, 1.54) is 96.3 Å². The van der Waals surface area contributed by atoms with Crippen molar-refractivity contribution in [2.75, 3.05) is 19.8 Å². The van der Waals surface area contributed by atoms with E-state index in [9.17, 15) is 4.79 Å². The van der Waals surface area contributed by atoms with Gasteiger partial charge in [0.15, 0.2) is 12.1 Å². The van der Waals surface area contributed by atoms with Gasteiger partial charge in [0.05, 0.1) is 0 Å². The van der Waals surface area contributed by atoms with E-state index < -0.39 is 11.9 Å². The van der Waals surface area contributed by atoms with Gasteiger partial charge in [0, 0.05) is 6.61 Å². The maximum atomic E-state index is 11.5. The Kier molecular flexibility index (Phi) is 17.6. The Morgan fingerprint density at radius 3 is 1.61 bits per heavy atom. The summed E-state index contributed by atoms with van der Waals surface area (Å²) in [5, 5.41) is 0. The topological polar surface area (TPSA) is 44.8 Å². The molecule has 0 saturated carbocycles. The van der Waals surface area contributed by atoms with Crippen molar-refractivity contribution < 1.29 is 19.0 Å². The number of ketones is 1. The molecule has 31 heavy (non-hydrogen) atoms. The number of rotatable bonds is 21. The molecule has 0 bridgehead atoms. The third-order valence-corrected chi connectivity index (χ3v) is 6.50. The fourth-order valence-corrected chi connectivity index (χ4v) is 4.37. The summed E-state index contributed by atoms with van der Waals surface area (Å²) in [4.78, 5) is 11.5. The van der Waals surface area contributed by atoms with Crippen molar-refractivity contribution in [3.05, 3.63) is 0 Å². The van der Waals surface area contributed by atoms with Gasteiger partial charge < -0.3 is 14.2 Å². The van der Waals surface area contributed by atoms with Crippen LogP contribution in [0.4, 0.5) is 0 Å². The monoisotopic (exact) mass is 440 g/mol. The normalized spacial score (nSPS) is 17.2. The van der Waals surface area contributed by atoms with Crippen LogP contribution in [0.1, 0.15) is 136 Å². The van der Waals surface area contributed by atoms with Crippen LogP contribution in [0, 0.1) is 0 Å². The number of carbonyl (C=O) groups is 1. The first-order chi connectivity index (χ1) is 15.1. The van der Waals surface area contributed by atoms with Crippen molar-refractivity contribution in [2.24, 2.45) is 0 Å². The van der Waals surface area contributed by atoms with Crippen molar-refractivity contribution in [3.63, 3.8) is 0 Å². The quantitative estimate of drug-likeness (QED) is 0.171. The van der Waals surface area contributed by atoms with Crippen molar-refractivity contribution in [1.29, 1.82) is 0 Å². The van der Waals surface area contributed by atoms with Crippen molar-refractivity contribution in [1.82, 2.24) is 0 Å². The number of ether oxygens (including phenoxy) is 3. The lowest BCUT2D eigenvalue weighted by molar-refractivity contribution is -0.262. The van der Waals surface area contributed by atoms with Crippen molar-refractivity contribution in [3.8, 4) is 0 Å². The average Bonchev–Trinajstić information content (AvgIpc) is 2.77. The summed E-state index contributed by atoms with van der Waals surface area (Å²) in [5.41, 5.74) is -0.455. The third kappa shape index (κ3) is 14.3. The largest absolute Gasteiger partial charge is 0.370 e. The summed E-state index contributed by atoms with van der Waals surface area (Å²) in [6, 6.07) is 0. The number of carbonyl (C=O) groups excluding carboxylic acids is 1. The highest BCUT2D eigenvalue weighted by atomic mass is 16.7. The molecule has 0 aliphatic carbocycles. The summed E-state index contributed by atoms with van der Waals surface area (Å²) in [6.45, 7) is 7.69. The smallest absolute Gasteiger partial charge is 0.187 e. The SMILES string of the molecule is CCCCCCCCCCCCCC(C)(OCCCCCCCC)C1OCC(=O)CO1. The van der Waals surface area contributed by atoms with Crippen LogP contribution in [-0.2, 0) is 19.0 Å². The lowest BCUT2D eigenvalue weighted by Crippen LogP contribution is -2.49. The van der Waals surface area contributed by atoms with Gasteiger partial charge in [-0.2, -0.15) is 0 Å². The molecule has 1 fully saturated rings. The summed E-state index contributed by atoms with van der Waals surface area (Å²) < 4.78 is 17.8. The third-order valence-electron chi connectivity index (χ3n) is 6.50. The van der Waals surface area contributed by atoms with E-state index in [-0.39, 0.29) is 19.0 Å².